The van der Waals surface area contributed by atoms with Crippen molar-refractivity contribution in [2.75, 3.05) is 32.6 Å². The lowest BCUT2D eigenvalue weighted by Gasteiger charge is -2.15. The Morgan fingerprint density at radius 1 is 1.34 bits per heavy atom. The Labute approximate surface area is 204 Å². The summed E-state index contributed by atoms with van der Waals surface area (Å²) >= 11 is 6.16. The van der Waals surface area contributed by atoms with Gasteiger partial charge in [0.05, 0.1) is 22.9 Å². The fourth-order valence-corrected chi connectivity index (χ4v) is 3.79. The van der Waals surface area contributed by atoms with E-state index in [9.17, 15) is 14.0 Å². The number of likely N-dealkylation sites (N-methyl/N-ethyl adjacent to an activating group) is 1. The SMILES string of the molecule is COn1c(=O)c(-c2c(F)cccc2Cl)cc2cnc(Nc3ccn(CC(=O)N(C)CCO)c3)nc21. The predicted octanol–water partition coefficient (Wildman–Crippen LogP) is 2.31. The molecule has 3 aromatic heterocycles. The first kappa shape index (κ1) is 24.2. The van der Waals surface area contributed by atoms with Crippen molar-refractivity contribution in [3.05, 3.63) is 70.1 Å². The lowest BCUT2D eigenvalue weighted by atomic mass is 10.1. The summed E-state index contributed by atoms with van der Waals surface area (Å²) in [6.45, 7) is 0.241. The number of benzene rings is 1. The number of rotatable bonds is 8. The smallest absolute Gasteiger partial charge is 0.293 e. The summed E-state index contributed by atoms with van der Waals surface area (Å²) in [5, 5.41) is 12.5. The molecule has 10 nitrogen and oxygen atoms in total. The molecule has 0 saturated heterocycles. The highest BCUT2D eigenvalue weighted by Gasteiger charge is 2.19. The summed E-state index contributed by atoms with van der Waals surface area (Å²) in [5.74, 6) is -0.611. The first-order valence-electron chi connectivity index (χ1n) is 10.5. The molecule has 35 heavy (non-hydrogen) atoms. The van der Waals surface area contributed by atoms with Gasteiger partial charge in [-0.25, -0.2) is 9.37 Å². The molecular formula is C23H22ClFN6O4. The fourth-order valence-electron chi connectivity index (χ4n) is 3.53. The number of hydrogen-bond donors (Lipinski definition) is 2. The van der Waals surface area contributed by atoms with Crippen LogP contribution in [-0.2, 0) is 11.3 Å². The third-order valence-corrected chi connectivity index (χ3v) is 5.62. The second kappa shape index (κ2) is 10.1. The molecule has 0 radical (unpaired) electrons. The monoisotopic (exact) mass is 500 g/mol. The number of amides is 1. The van der Waals surface area contributed by atoms with E-state index in [-0.39, 0.29) is 53.3 Å². The number of nitrogens with one attached hydrogen (secondary N) is 1. The Hall–Kier alpha value is -3.96. The number of anilines is 2. The van der Waals surface area contributed by atoms with E-state index in [0.29, 0.717) is 11.1 Å². The van der Waals surface area contributed by atoms with E-state index in [4.69, 9.17) is 21.5 Å². The van der Waals surface area contributed by atoms with Crippen molar-refractivity contribution in [1.82, 2.24) is 24.2 Å². The zero-order valence-electron chi connectivity index (χ0n) is 18.9. The van der Waals surface area contributed by atoms with E-state index in [1.54, 1.807) is 30.1 Å². The number of nitrogens with zero attached hydrogens (tertiary/aromatic N) is 5. The maximum Gasteiger partial charge on any atom is 0.293 e. The van der Waals surface area contributed by atoms with Crippen LogP contribution in [0.1, 0.15) is 0 Å². The molecule has 0 bridgehead atoms. The van der Waals surface area contributed by atoms with Crippen LogP contribution in [0, 0.1) is 5.82 Å². The summed E-state index contributed by atoms with van der Waals surface area (Å²) in [7, 11) is 2.92. The van der Waals surface area contributed by atoms with Crippen LogP contribution in [0.25, 0.3) is 22.2 Å². The van der Waals surface area contributed by atoms with Crippen LogP contribution < -0.4 is 15.7 Å². The van der Waals surface area contributed by atoms with Crippen molar-refractivity contribution < 1.29 is 19.1 Å². The van der Waals surface area contributed by atoms with Crippen LogP contribution in [0.15, 0.2) is 53.7 Å². The maximum atomic E-state index is 14.5. The zero-order chi connectivity index (χ0) is 25.1. The number of carbonyl (C=O) groups is 1. The van der Waals surface area contributed by atoms with E-state index in [0.717, 1.165) is 4.73 Å². The molecule has 0 atom stereocenters. The standard InChI is InChI=1S/C23H22ClFN6O4/c1-29(8-9-32)19(33)13-30-7-6-15(12-30)27-23-26-11-14-10-16(20-17(24)4-3-5-18(20)25)22(34)31(35-2)21(14)28-23/h3-7,10-12,32H,8-9,13H2,1-2H3,(H,26,27,28). The summed E-state index contributed by atoms with van der Waals surface area (Å²) in [5.41, 5.74) is 0.136. The average molecular weight is 501 g/mol. The zero-order valence-corrected chi connectivity index (χ0v) is 19.7. The van der Waals surface area contributed by atoms with E-state index < -0.39 is 11.4 Å². The number of aliphatic hydroxyl groups is 1. The first-order valence-corrected chi connectivity index (χ1v) is 10.9. The molecule has 1 aromatic carbocycles. The molecule has 4 rings (SSSR count). The number of aromatic nitrogens is 4. The van der Waals surface area contributed by atoms with Crippen molar-refractivity contribution in [2.24, 2.45) is 0 Å². The third kappa shape index (κ3) is 4.96. The van der Waals surface area contributed by atoms with E-state index in [1.165, 1.54) is 42.5 Å². The lowest BCUT2D eigenvalue weighted by molar-refractivity contribution is -0.130. The molecular weight excluding hydrogens is 479 g/mol. The van der Waals surface area contributed by atoms with Crippen molar-refractivity contribution in [2.45, 2.75) is 6.54 Å². The van der Waals surface area contributed by atoms with Gasteiger partial charge in [-0.05, 0) is 24.3 Å². The number of aliphatic hydroxyl groups excluding tert-OH is 1. The average Bonchev–Trinajstić information content (AvgIpc) is 3.26. The Morgan fingerprint density at radius 2 is 2.14 bits per heavy atom. The van der Waals surface area contributed by atoms with Gasteiger partial charge in [-0.2, -0.15) is 4.98 Å². The highest BCUT2D eigenvalue weighted by molar-refractivity contribution is 6.33. The number of pyridine rings is 1. The molecule has 12 heteroatoms. The molecule has 0 aliphatic rings. The van der Waals surface area contributed by atoms with Crippen molar-refractivity contribution in [3.63, 3.8) is 0 Å². The van der Waals surface area contributed by atoms with Gasteiger partial charge in [0, 0.05) is 43.1 Å². The molecule has 0 aliphatic carbocycles. The second-order valence-corrected chi connectivity index (χ2v) is 8.05. The highest BCUT2D eigenvalue weighted by Crippen LogP contribution is 2.30. The van der Waals surface area contributed by atoms with Gasteiger partial charge in [0.2, 0.25) is 11.9 Å². The van der Waals surface area contributed by atoms with Gasteiger partial charge in [-0.1, -0.05) is 17.7 Å². The fraction of sp³-hybridized carbons (Fsp3) is 0.217. The van der Waals surface area contributed by atoms with Crippen LogP contribution in [0.2, 0.25) is 5.02 Å². The Morgan fingerprint density at radius 3 is 2.86 bits per heavy atom. The minimum Gasteiger partial charge on any atom is -0.412 e. The maximum absolute atomic E-state index is 14.5. The molecule has 0 saturated carbocycles. The molecule has 182 valence electrons. The van der Waals surface area contributed by atoms with E-state index >= 15 is 0 Å². The Bertz CT molecular complexity index is 1430. The number of fused-ring (bicyclic) bond motifs is 1. The quantitative estimate of drug-likeness (QED) is 0.381. The van der Waals surface area contributed by atoms with Crippen molar-refractivity contribution in [1.29, 1.82) is 0 Å². The molecule has 0 unspecified atom stereocenters. The van der Waals surface area contributed by atoms with Gasteiger partial charge in [-0.15, -0.1) is 4.73 Å². The molecule has 0 aliphatic heterocycles. The molecule has 1 amide bonds. The summed E-state index contributed by atoms with van der Waals surface area (Å²) in [6.07, 6.45) is 4.89. The molecule has 0 spiro atoms. The third-order valence-electron chi connectivity index (χ3n) is 5.30. The van der Waals surface area contributed by atoms with Crippen LogP contribution in [0.3, 0.4) is 0 Å². The van der Waals surface area contributed by atoms with Crippen LogP contribution in [0.4, 0.5) is 16.0 Å². The molecule has 2 N–H and O–H groups in total. The van der Waals surface area contributed by atoms with Gasteiger partial charge in [0.15, 0.2) is 5.65 Å². The van der Waals surface area contributed by atoms with Gasteiger partial charge < -0.3 is 24.7 Å². The van der Waals surface area contributed by atoms with Crippen LogP contribution in [0.5, 0.6) is 0 Å². The number of carbonyl (C=O) groups excluding carboxylic acids is 1. The largest absolute Gasteiger partial charge is 0.412 e. The van der Waals surface area contributed by atoms with Crippen LogP contribution in [-0.4, -0.2) is 62.5 Å². The number of hydrogen-bond acceptors (Lipinski definition) is 7. The van der Waals surface area contributed by atoms with Crippen molar-refractivity contribution >= 4 is 40.2 Å². The molecule has 4 aromatic rings. The lowest BCUT2D eigenvalue weighted by Crippen LogP contribution is -2.32. The Balaban J connectivity index is 1.64. The molecule has 0 fully saturated rings. The molecule has 3 heterocycles. The van der Waals surface area contributed by atoms with Gasteiger partial charge in [0.1, 0.15) is 19.5 Å². The normalized spacial score (nSPS) is 11.0. The predicted molar refractivity (Wildman–Crippen MR) is 129 cm³/mol. The first-order chi connectivity index (χ1) is 16.8. The van der Waals surface area contributed by atoms with Gasteiger partial charge in [-0.3, -0.25) is 9.59 Å². The van der Waals surface area contributed by atoms with E-state index in [2.05, 4.69) is 15.3 Å². The Kier molecular flexibility index (Phi) is 6.99. The minimum absolute atomic E-state index is 0.0136. The topological polar surface area (TPSA) is 115 Å². The van der Waals surface area contributed by atoms with Crippen LogP contribution >= 0.6 is 11.6 Å². The summed E-state index contributed by atoms with van der Waals surface area (Å²) in [4.78, 5) is 40.6. The van der Waals surface area contributed by atoms with Gasteiger partial charge >= 0.3 is 0 Å². The minimum atomic E-state index is -0.638. The number of halogens is 2. The summed E-state index contributed by atoms with van der Waals surface area (Å²) < 4.78 is 17.1. The summed E-state index contributed by atoms with van der Waals surface area (Å²) in [6, 6.07) is 7.37. The highest BCUT2D eigenvalue weighted by atomic mass is 35.5. The van der Waals surface area contributed by atoms with Gasteiger partial charge in [0.25, 0.3) is 5.56 Å². The van der Waals surface area contributed by atoms with E-state index in [1.807, 2.05) is 0 Å². The second-order valence-electron chi connectivity index (χ2n) is 7.65. The van der Waals surface area contributed by atoms with Crippen molar-refractivity contribution in [3.8, 4) is 11.1 Å².